The highest BCUT2D eigenvalue weighted by Gasteiger charge is 2.13. The SMILES string of the molecule is Cc1nnc(SCC(=O)N(C)CCOc2ccc(Cl)cc2)n1N. The van der Waals surface area contributed by atoms with Gasteiger partial charge in [-0.3, -0.25) is 4.79 Å². The van der Waals surface area contributed by atoms with Crippen LogP contribution >= 0.6 is 23.4 Å². The van der Waals surface area contributed by atoms with Gasteiger partial charge in [-0.1, -0.05) is 23.4 Å². The first-order valence-electron chi connectivity index (χ1n) is 6.89. The maximum atomic E-state index is 12.1. The lowest BCUT2D eigenvalue weighted by atomic mass is 10.3. The molecule has 23 heavy (non-hydrogen) atoms. The van der Waals surface area contributed by atoms with Crippen LogP contribution in [-0.4, -0.2) is 51.6 Å². The van der Waals surface area contributed by atoms with Crippen molar-refractivity contribution in [2.45, 2.75) is 12.1 Å². The van der Waals surface area contributed by atoms with Crippen LogP contribution in [0.15, 0.2) is 29.4 Å². The van der Waals surface area contributed by atoms with Gasteiger partial charge in [0.25, 0.3) is 0 Å². The Labute approximate surface area is 143 Å². The molecule has 0 saturated heterocycles. The summed E-state index contributed by atoms with van der Waals surface area (Å²) in [7, 11) is 1.73. The van der Waals surface area contributed by atoms with Gasteiger partial charge in [0.05, 0.1) is 12.3 Å². The molecule has 0 saturated carbocycles. The van der Waals surface area contributed by atoms with Gasteiger partial charge in [-0.15, -0.1) is 10.2 Å². The van der Waals surface area contributed by atoms with Crippen molar-refractivity contribution in [1.29, 1.82) is 0 Å². The zero-order valence-corrected chi connectivity index (χ0v) is 14.5. The van der Waals surface area contributed by atoms with E-state index in [1.165, 1.54) is 16.4 Å². The van der Waals surface area contributed by atoms with Gasteiger partial charge in [-0.25, -0.2) is 4.68 Å². The standard InChI is InChI=1S/C14H18ClN5O2S/c1-10-17-18-14(20(10)16)23-9-13(21)19(2)7-8-22-12-5-3-11(15)4-6-12/h3-6H,7-9,16H2,1-2H3. The van der Waals surface area contributed by atoms with Gasteiger partial charge in [0.15, 0.2) is 0 Å². The molecular weight excluding hydrogens is 338 g/mol. The molecule has 0 radical (unpaired) electrons. The Bertz CT molecular complexity index is 662. The van der Waals surface area contributed by atoms with Crippen LogP contribution in [0.1, 0.15) is 5.82 Å². The fraction of sp³-hybridized carbons (Fsp3) is 0.357. The number of aromatic nitrogens is 3. The van der Waals surface area contributed by atoms with Gasteiger partial charge in [0.2, 0.25) is 11.1 Å². The molecule has 0 fully saturated rings. The number of thioether (sulfide) groups is 1. The summed E-state index contributed by atoms with van der Waals surface area (Å²) in [5.41, 5.74) is 0. The number of benzene rings is 1. The molecule has 2 N–H and O–H groups in total. The number of carbonyl (C=O) groups excluding carboxylic acids is 1. The van der Waals surface area contributed by atoms with E-state index in [1.807, 2.05) is 0 Å². The molecule has 1 aromatic heterocycles. The third-order valence-electron chi connectivity index (χ3n) is 3.09. The third kappa shape index (κ3) is 5.04. The van der Waals surface area contributed by atoms with Crippen LogP contribution in [0.2, 0.25) is 5.02 Å². The number of hydrogen-bond acceptors (Lipinski definition) is 6. The lowest BCUT2D eigenvalue weighted by molar-refractivity contribution is -0.127. The molecule has 1 amide bonds. The molecular formula is C14H18ClN5O2S. The van der Waals surface area contributed by atoms with E-state index in [0.29, 0.717) is 29.2 Å². The van der Waals surface area contributed by atoms with Crippen LogP contribution in [-0.2, 0) is 4.79 Å². The monoisotopic (exact) mass is 355 g/mol. The summed E-state index contributed by atoms with van der Waals surface area (Å²) >= 11 is 7.06. The van der Waals surface area contributed by atoms with Crippen molar-refractivity contribution >= 4 is 29.3 Å². The molecule has 7 nitrogen and oxygen atoms in total. The molecule has 0 aliphatic carbocycles. The first kappa shape index (κ1) is 17.4. The summed E-state index contributed by atoms with van der Waals surface area (Å²) in [5.74, 6) is 7.27. The van der Waals surface area contributed by atoms with E-state index in [0.717, 1.165) is 5.75 Å². The highest BCUT2D eigenvalue weighted by Crippen LogP contribution is 2.16. The van der Waals surface area contributed by atoms with E-state index in [9.17, 15) is 4.79 Å². The van der Waals surface area contributed by atoms with Crippen molar-refractivity contribution in [3.05, 3.63) is 35.1 Å². The maximum absolute atomic E-state index is 12.1. The third-order valence-corrected chi connectivity index (χ3v) is 4.27. The molecule has 0 aliphatic rings. The van der Waals surface area contributed by atoms with Crippen LogP contribution in [0.5, 0.6) is 5.75 Å². The fourth-order valence-corrected chi connectivity index (χ4v) is 2.61. The van der Waals surface area contributed by atoms with Crippen LogP contribution in [0.4, 0.5) is 0 Å². The molecule has 1 heterocycles. The second-order valence-corrected chi connectivity index (χ2v) is 6.19. The largest absolute Gasteiger partial charge is 0.492 e. The Morgan fingerprint density at radius 3 is 2.70 bits per heavy atom. The second kappa shape index (κ2) is 8.07. The van der Waals surface area contributed by atoms with Crippen molar-refractivity contribution in [1.82, 2.24) is 19.8 Å². The summed E-state index contributed by atoms with van der Waals surface area (Å²) in [5, 5.41) is 8.91. The van der Waals surface area contributed by atoms with Gasteiger partial charge in [0.1, 0.15) is 18.2 Å². The number of rotatable bonds is 7. The van der Waals surface area contributed by atoms with E-state index in [-0.39, 0.29) is 11.7 Å². The number of nitrogens with two attached hydrogens (primary N) is 1. The molecule has 1 aromatic carbocycles. The predicted octanol–water partition coefficient (Wildman–Crippen LogP) is 1.58. The van der Waals surface area contributed by atoms with E-state index in [4.69, 9.17) is 22.2 Å². The Kier molecular flexibility index (Phi) is 6.12. The smallest absolute Gasteiger partial charge is 0.232 e. The van der Waals surface area contributed by atoms with E-state index >= 15 is 0 Å². The maximum Gasteiger partial charge on any atom is 0.232 e. The summed E-state index contributed by atoms with van der Waals surface area (Å²) < 4.78 is 6.92. The van der Waals surface area contributed by atoms with Crippen LogP contribution in [0.25, 0.3) is 0 Å². The van der Waals surface area contributed by atoms with Crippen LogP contribution in [0.3, 0.4) is 0 Å². The Morgan fingerprint density at radius 2 is 2.09 bits per heavy atom. The van der Waals surface area contributed by atoms with Crippen molar-refractivity contribution in [2.24, 2.45) is 0 Å². The summed E-state index contributed by atoms with van der Waals surface area (Å²) in [6.07, 6.45) is 0. The quantitative estimate of drug-likeness (QED) is 0.599. The molecule has 9 heteroatoms. The summed E-state index contributed by atoms with van der Waals surface area (Å²) in [4.78, 5) is 13.7. The predicted molar refractivity (Wildman–Crippen MR) is 90.2 cm³/mol. The van der Waals surface area contributed by atoms with Gasteiger partial charge in [-0.05, 0) is 31.2 Å². The number of aryl methyl sites for hydroxylation is 1. The number of ether oxygens (including phenoxy) is 1. The Balaban J connectivity index is 1.72. The zero-order valence-electron chi connectivity index (χ0n) is 12.9. The zero-order chi connectivity index (χ0) is 16.8. The number of hydrogen-bond donors (Lipinski definition) is 1. The number of nitrogen functional groups attached to an aromatic ring is 1. The highest BCUT2D eigenvalue weighted by atomic mass is 35.5. The molecule has 0 bridgehead atoms. The minimum atomic E-state index is -0.0321. The van der Waals surface area contributed by atoms with E-state index < -0.39 is 0 Å². The van der Waals surface area contributed by atoms with Gasteiger partial charge >= 0.3 is 0 Å². The minimum absolute atomic E-state index is 0.0321. The molecule has 0 unspecified atom stereocenters. The number of likely N-dealkylation sites (N-methyl/N-ethyl adjacent to an activating group) is 1. The number of nitrogens with zero attached hydrogens (tertiary/aromatic N) is 4. The number of carbonyl (C=O) groups is 1. The van der Waals surface area contributed by atoms with E-state index in [1.54, 1.807) is 43.1 Å². The molecule has 0 aliphatic heterocycles. The second-order valence-electron chi connectivity index (χ2n) is 4.81. The van der Waals surface area contributed by atoms with Gasteiger partial charge < -0.3 is 15.5 Å². The van der Waals surface area contributed by atoms with Crippen molar-refractivity contribution in [3.8, 4) is 5.75 Å². The van der Waals surface area contributed by atoms with Crippen molar-refractivity contribution < 1.29 is 9.53 Å². The molecule has 2 aromatic rings. The highest BCUT2D eigenvalue weighted by molar-refractivity contribution is 7.99. The number of amides is 1. The van der Waals surface area contributed by atoms with Crippen LogP contribution in [0, 0.1) is 6.92 Å². The fourth-order valence-electron chi connectivity index (χ4n) is 1.64. The summed E-state index contributed by atoms with van der Waals surface area (Å²) in [6.45, 7) is 2.64. The van der Waals surface area contributed by atoms with Gasteiger partial charge in [0, 0.05) is 12.1 Å². The van der Waals surface area contributed by atoms with Crippen molar-refractivity contribution in [2.75, 3.05) is 31.8 Å². The lowest BCUT2D eigenvalue weighted by Gasteiger charge is -2.17. The Hall–Kier alpha value is -1.93. The average molecular weight is 356 g/mol. The van der Waals surface area contributed by atoms with Crippen molar-refractivity contribution in [3.63, 3.8) is 0 Å². The molecule has 0 spiro atoms. The average Bonchev–Trinajstić information content (AvgIpc) is 2.86. The first-order valence-corrected chi connectivity index (χ1v) is 8.26. The first-order chi connectivity index (χ1) is 11.0. The lowest BCUT2D eigenvalue weighted by Crippen LogP contribution is -2.32. The summed E-state index contributed by atoms with van der Waals surface area (Å²) in [6, 6.07) is 7.09. The molecule has 124 valence electrons. The van der Waals surface area contributed by atoms with Crippen LogP contribution < -0.4 is 10.6 Å². The molecule has 0 atom stereocenters. The minimum Gasteiger partial charge on any atom is -0.492 e. The topological polar surface area (TPSA) is 86.3 Å². The normalized spacial score (nSPS) is 10.6. The van der Waals surface area contributed by atoms with E-state index in [2.05, 4.69) is 10.2 Å². The Morgan fingerprint density at radius 1 is 1.39 bits per heavy atom. The van der Waals surface area contributed by atoms with Gasteiger partial charge in [-0.2, -0.15) is 0 Å². The molecule has 2 rings (SSSR count). The number of halogens is 1.